The summed E-state index contributed by atoms with van der Waals surface area (Å²) in [6.45, 7) is 5.92. The van der Waals surface area contributed by atoms with Crippen molar-refractivity contribution in [1.82, 2.24) is 10.6 Å². The summed E-state index contributed by atoms with van der Waals surface area (Å²) in [6.07, 6.45) is 2.74. The summed E-state index contributed by atoms with van der Waals surface area (Å²) in [6, 6.07) is 5.33. The van der Waals surface area contributed by atoms with E-state index in [1.54, 1.807) is 4.90 Å². The molecule has 2 aliphatic heterocycles. The van der Waals surface area contributed by atoms with E-state index < -0.39 is 6.04 Å². The molecule has 0 radical (unpaired) electrons. The van der Waals surface area contributed by atoms with E-state index in [1.807, 2.05) is 26.0 Å². The fraction of sp³-hybridized carbons (Fsp3) is 0.556. The molecule has 130 valence electrons. The number of amides is 3. The van der Waals surface area contributed by atoms with E-state index in [2.05, 4.69) is 16.7 Å². The minimum atomic E-state index is -0.463. The summed E-state index contributed by atoms with van der Waals surface area (Å²) in [4.78, 5) is 26.3. The summed E-state index contributed by atoms with van der Waals surface area (Å²) in [5.41, 5.74) is 3.16. The highest BCUT2D eigenvalue weighted by molar-refractivity contribution is 6.01. The third-order valence-corrected chi connectivity index (χ3v) is 4.54. The highest BCUT2D eigenvalue weighted by atomic mass is 16.5. The smallest absolute Gasteiger partial charge is 0.315 e. The lowest BCUT2D eigenvalue weighted by Crippen LogP contribution is -2.47. The molecule has 6 nitrogen and oxygen atoms in total. The van der Waals surface area contributed by atoms with Gasteiger partial charge in [0, 0.05) is 25.4 Å². The largest absolute Gasteiger partial charge is 0.376 e. The number of nitrogens with one attached hydrogen (secondary N) is 2. The van der Waals surface area contributed by atoms with Crippen molar-refractivity contribution in [2.24, 2.45) is 0 Å². The Morgan fingerprint density at radius 2 is 2.00 bits per heavy atom. The highest BCUT2D eigenvalue weighted by Gasteiger charge is 2.33. The Balaban J connectivity index is 1.54. The first-order valence-corrected chi connectivity index (χ1v) is 8.58. The molecule has 2 aliphatic rings. The van der Waals surface area contributed by atoms with Gasteiger partial charge in [-0.3, -0.25) is 4.79 Å². The first-order valence-electron chi connectivity index (χ1n) is 8.58. The van der Waals surface area contributed by atoms with Gasteiger partial charge in [0.1, 0.15) is 6.04 Å². The molecule has 0 spiro atoms. The van der Waals surface area contributed by atoms with E-state index in [-0.39, 0.29) is 18.0 Å². The molecule has 0 bridgehead atoms. The van der Waals surface area contributed by atoms with E-state index in [4.69, 9.17) is 4.74 Å². The Morgan fingerprint density at radius 3 is 2.67 bits per heavy atom. The van der Waals surface area contributed by atoms with Crippen LogP contribution in [-0.4, -0.2) is 43.8 Å². The molecule has 2 heterocycles. The minimum absolute atomic E-state index is 0.0488. The lowest BCUT2D eigenvalue weighted by Gasteiger charge is -2.19. The van der Waals surface area contributed by atoms with Crippen LogP contribution in [0, 0.1) is 13.8 Å². The van der Waals surface area contributed by atoms with E-state index in [1.165, 1.54) is 0 Å². The zero-order chi connectivity index (χ0) is 17.1. The minimum Gasteiger partial charge on any atom is -0.376 e. The maximum Gasteiger partial charge on any atom is 0.315 e. The quantitative estimate of drug-likeness (QED) is 0.885. The summed E-state index contributed by atoms with van der Waals surface area (Å²) in [5, 5.41) is 5.58. The molecule has 0 aromatic heterocycles. The van der Waals surface area contributed by atoms with Gasteiger partial charge in [-0.05, 0) is 56.4 Å². The Morgan fingerprint density at radius 1 is 1.25 bits per heavy atom. The Labute approximate surface area is 142 Å². The number of hydrogen-bond acceptors (Lipinski definition) is 3. The molecule has 3 rings (SSSR count). The van der Waals surface area contributed by atoms with Crippen molar-refractivity contribution in [1.29, 1.82) is 0 Å². The van der Waals surface area contributed by atoms with Crippen LogP contribution in [-0.2, 0) is 9.53 Å². The fourth-order valence-corrected chi connectivity index (χ4v) is 3.40. The van der Waals surface area contributed by atoms with Crippen LogP contribution < -0.4 is 15.5 Å². The average Bonchev–Trinajstić information content (AvgIpc) is 3.15. The Bertz CT molecular complexity index is 606. The third kappa shape index (κ3) is 3.87. The van der Waals surface area contributed by atoms with Gasteiger partial charge in [0.2, 0.25) is 5.91 Å². The molecule has 2 N–H and O–H groups in total. The van der Waals surface area contributed by atoms with Gasteiger partial charge in [0.15, 0.2) is 0 Å². The standard InChI is InChI=1S/C18H25N3O3/c1-12-8-13(2)10-14(9-12)21-6-5-16(17(21)22)20-18(23)19-11-15-4-3-7-24-15/h8-10,15-16H,3-7,11H2,1-2H3,(H2,19,20,23)/t15-,16-/m1/s1. The van der Waals surface area contributed by atoms with Crippen molar-refractivity contribution in [2.75, 3.05) is 24.6 Å². The molecule has 2 fully saturated rings. The number of rotatable bonds is 4. The molecule has 3 amide bonds. The molecule has 1 aromatic carbocycles. The van der Waals surface area contributed by atoms with Crippen LogP contribution in [0.3, 0.4) is 0 Å². The van der Waals surface area contributed by atoms with Crippen molar-refractivity contribution in [3.8, 4) is 0 Å². The predicted molar refractivity (Wildman–Crippen MR) is 92.2 cm³/mol. The van der Waals surface area contributed by atoms with Crippen LogP contribution >= 0.6 is 0 Å². The van der Waals surface area contributed by atoms with E-state index in [0.717, 1.165) is 36.3 Å². The summed E-state index contributed by atoms with van der Waals surface area (Å²) in [7, 11) is 0. The molecular formula is C18H25N3O3. The molecule has 24 heavy (non-hydrogen) atoms. The normalized spacial score (nSPS) is 23.6. The predicted octanol–water partition coefficient (Wildman–Crippen LogP) is 1.89. The summed E-state index contributed by atoms with van der Waals surface area (Å²) >= 11 is 0. The zero-order valence-electron chi connectivity index (χ0n) is 14.3. The van der Waals surface area contributed by atoms with Gasteiger partial charge in [0.05, 0.1) is 6.10 Å². The van der Waals surface area contributed by atoms with Crippen molar-refractivity contribution in [3.63, 3.8) is 0 Å². The van der Waals surface area contributed by atoms with Gasteiger partial charge >= 0.3 is 6.03 Å². The second kappa shape index (κ2) is 7.21. The number of hydrogen-bond donors (Lipinski definition) is 2. The fourth-order valence-electron chi connectivity index (χ4n) is 3.40. The van der Waals surface area contributed by atoms with Crippen LogP contribution in [0.4, 0.5) is 10.5 Å². The molecule has 1 aromatic rings. The van der Waals surface area contributed by atoms with Gasteiger partial charge in [0.25, 0.3) is 0 Å². The van der Waals surface area contributed by atoms with E-state index in [9.17, 15) is 9.59 Å². The van der Waals surface area contributed by atoms with Gasteiger partial charge in [-0.2, -0.15) is 0 Å². The van der Waals surface area contributed by atoms with E-state index >= 15 is 0 Å². The molecular weight excluding hydrogens is 306 g/mol. The summed E-state index contributed by atoms with van der Waals surface area (Å²) < 4.78 is 5.47. The molecule has 2 saturated heterocycles. The third-order valence-electron chi connectivity index (χ3n) is 4.54. The lowest BCUT2D eigenvalue weighted by molar-refractivity contribution is -0.118. The van der Waals surface area contributed by atoms with Gasteiger partial charge in [-0.15, -0.1) is 0 Å². The van der Waals surface area contributed by atoms with Crippen molar-refractivity contribution >= 4 is 17.6 Å². The Hall–Kier alpha value is -2.08. The molecule has 0 saturated carbocycles. The topological polar surface area (TPSA) is 70.7 Å². The highest BCUT2D eigenvalue weighted by Crippen LogP contribution is 2.24. The van der Waals surface area contributed by atoms with Crippen LogP contribution in [0.5, 0.6) is 0 Å². The number of aryl methyl sites for hydroxylation is 2. The van der Waals surface area contributed by atoms with Gasteiger partial charge in [-0.1, -0.05) is 6.07 Å². The number of carbonyl (C=O) groups excluding carboxylic acids is 2. The van der Waals surface area contributed by atoms with Gasteiger partial charge in [-0.25, -0.2) is 4.79 Å². The molecule has 0 unspecified atom stereocenters. The monoisotopic (exact) mass is 331 g/mol. The number of nitrogens with zero attached hydrogens (tertiary/aromatic N) is 1. The van der Waals surface area contributed by atoms with Crippen LogP contribution in [0.1, 0.15) is 30.4 Å². The van der Waals surface area contributed by atoms with Gasteiger partial charge < -0.3 is 20.3 Å². The summed E-state index contributed by atoms with van der Waals surface area (Å²) in [5.74, 6) is -0.0488. The number of anilines is 1. The number of urea groups is 1. The lowest BCUT2D eigenvalue weighted by atomic mass is 10.1. The number of benzene rings is 1. The number of carbonyl (C=O) groups is 2. The van der Waals surface area contributed by atoms with Crippen molar-refractivity contribution in [3.05, 3.63) is 29.3 Å². The molecule has 0 aliphatic carbocycles. The van der Waals surface area contributed by atoms with Crippen molar-refractivity contribution in [2.45, 2.75) is 45.3 Å². The first kappa shape index (κ1) is 16.8. The second-order valence-corrected chi connectivity index (χ2v) is 6.67. The molecule has 2 atom stereocenters. The molecule has 6 heteroatoms. The maximum atomic E-state index is 12.6. The van der Waals surface area contributed by atoms with Crippen LogP contribution in [0.25, 0.3) is 0 Å². The number of ether oxygens (including phenoxy) is 1. The first-order chi connectivity index (χ1) is 11.5. The van der Waals surface area contributed by atoms with E-state index in [0.29, 0.717) is 19.5 Å². The van der Waals surface area contributed by atoms with Crippen LogP contribution in [0.2, 0.25) is 0 Å². The average molecular weight is 331 g/mol. The SMILES string of the molecule is Cc1cc(C)cc(N2CC[C@@H](NC(=O)NC[C@H]3CCCO3)C2=O)c1. The van der Waals surface area contributed by atoms with Crippen molar-refractivity contribution < 1.29 is 14.3 Å². The zero-order valence-corrected chi connectivity index (χ0v) is 14.3. The van der Waals surface area contributed by atoms with Crippen LogP contribution in [0.15, 0.2) is 18.2 Å². The maximum absolute atomic E-state index is 12.6. The Kier molecular flexibility index (Phi) is 5.04. The second-order valence-electron chi connectivity index (χ2n) is 6.67.